The fourth-order valence-electron chi connectivity index (χ4n) is 6.94. The predicted octanol–water partition coefficient (Wildman–Crippen LogP) is 4.99. The lowest BCUT2D eigenvalue weighted by molar-refractivity contribution is -0.148. The third-order valence-corrected chi connectivity index (χ3v) is 9.59. The van der Waals surface area contributed by atoms with E-state index < -0.39 is 66.0 Å². The third-order valence-electron chi connectivity index (χ3n) is 9.36. The molecule has 12 heteroatoms. The second-order valence-electron chi connectivity index (χ2n) is 14.1. The molecule has 5 rings (SSSR count). The van der Waals surface area contributed by atoms with Crippen molar-refractivity contribution >= 4 is 52.1 Å². The summed E-state index contributed by atoms with van der Waals surface area (Å²) in [5, 5.41) is 5.07. The minimum absolute atomic E-state index is 0.179. The number of carbonyl (C=O) groups is 5. The van der Waals surface area contributed by atoms with Crippen LogP contribution in [0.2, 0.25) is 5.02 Å². The third kappa shape index (κ3) is 8.38. The van der Waals surface area contributed by atoms with Crippen molar-refractivity contribution in [2.75, 3.05) is 19.6 Å². The van der Waals surface area contributed by atoms with Crippen molar-refractivity contribution in [2.24, 2.45) is 5.73 Å². The molecule has 3 N–H and O–H groups in total. The van der Waals surface area contributed by atoms with Gasteiger partial charge in [-0.05, 0) is 87.4 Å². The summed E-state index contributed by atoms with van der Waals surface area (Å²) in [6.45, 7) is 7.27. The van der Waals surface area contributed by atoms with Crippen molar-refractivity contribution in [1.82, 2.24) is 20.0 Å². The molecule has 0 spiro atoms. The molecule has 2 saturated heterocycles. The highest BCUT2D eigenvalue weighted by Crippen LogP contribution is 2.33. The highest BCUT2D eigenvalue weighted by atomic mass is 35.5. The van der Waals surface area contributed by atoms with Crippen LogP contribution in [0, 0.1) is 0 Å². The van der Waals surface area contributed by atoms with Gasteiger partial charge in [0.1, 0.15) is 23.7 Å². The molecule has 0 saturated carbocycles. The van der Waals surface area contributed by atoms with Gasteiger partial charge in [0.25, 0.3) is 5.91 Å². The summed E-state index contributed by atoms with van der Waals surface area (Å²) in [5.41, 5.74) is 6.62. The number of rotatable bonds is 8. The van der Waals surface area contributed by atoms with Gasteiger partial charge in [-0.15, -0.1) is 0 Å². The maximum absolute atomic E-state index is 14.7. The van der Waals surface area contributed by atoms with Gasteiger partial charge >= 0.3 is 6.09 Å². The minimum Gasteiger partial charge on any atom is -0.444 e. The normalized spacial score (nSPS) is 20.6. The molecular weight excluding hydrogens is 658 g/mol. The zero-order valence-corrected chi connectivity index (χ0v) is 29.8. The number of piperidine rings is 1. The van der Waals surface area contributed by atoms with Crippen LogP contribution in [-0.4, -0.2) is 87.8 Å². The first kappa shape index (κ1) is 36.6. The summed E-state index contributed by atoms with van der Waals surface area (Å²) in [6, 6.07) is 17.0. The number of fused-ring (bicyclic) bond motifs is 1. The molecule has 3 aromatic rings. The van der Waals surface area contributed by atoms with Gasteiger partial charge in [-0.25, -0.2) is 4.79 Å². The molecule has 2 aliphatic heterocycles. The first-order valence-corrected chi connectivity index (χ1v) is 17.5. The van der Waals surface area contributed by atoms with E-state index in [0.29, 0.717) is 30.0 Å². The molecule has 4 unspecified atom stereocenters. The van der Waals surface area contributed by atoms with E-state index in [-0.39, 0.29) is 13.0 Å². The Morgan fingerprint density at radius 1 is 0.980 bits per heavy atom. The molecule has 0 aromatic heterocycles. The Morgan fingerprint density at radius 2 is 1.70 bits per heavy atom. The lowest BCUT2D eigenvalue weighted by atomic mass is 9.96. The largest absolute Gasteiger partial charge is 0.444 e. The lowest BCUT2D eigenvalue weighted by Gasteiger charge is -2.37. The van der Waals surface area contributed by atoms with E-state index in [1.807, 2.05) is 49.4 Å². The van der Waals surface area contributed by atoms with Gasteiger partial charge < -0.3 is 25.6 Å². The predicted molar refractivity (Wildman–Crippen MR) is 191 cm³/mol. The van der Waals surface area contributed by atoms with Crippen LogP contribution in [0.5, 0.6) is 0 Å². The molecule has 2 aliphatic rings. The lowest BCUT2D eigenvalue weighted by Crippen LogP contribution is -2.55. The number of hydrogen-bond donors (Lipinski definition) is 2. The summed E-state index contributed by atoms with van der Waals surface area (Å²) < 4.78 is 5.54. The number of nitrogens with zero attached hydrogens (tertiary/aromatic N) is 3. The topological polar surface area (TPSA) is 142 Å². The number of halogens is 1. The van der Waals surface area contributed by atoms with Gasteiger partial charge in [0.2, 0.25) is 17.7 Å². The summed E-state index contributed by atoms with van der Waals surface area (Å²) in [4.78, 5) is 72.7. The molecule has 2 fully saturated rings. The van der Waals surface area contributed by atoms with Gasteiger partial charge in [-0.2, -0.15) is 0 Å². The molecule has 2 heterocycles. The van der Waals surface area contributed by atoms with Gasteiger partial charge in [-0.3, -0.25) is 24.1 Å². The fraction of sp³-hybridized carbons (Fsp3) is 0.447. The van der Waals surface area contributed by atoms with Crippen molar-refractivity contribution in [3.8, 4) is 0 Å². The number of carbonyl (C=O) groups excluding carboxylic acids is 5. The molecule has 0 aliphatic carbocycles. The van der Waals surface area contributed by atoms with Crippen LogP contribution in [0.4, 0.5) is 4.79 Å². The monoisotopic (exact) mass is 703 g/mol. The molecule has 0 radical (unpaired) electrons. The number of nitrogens with one attached hydrogen (secondary N) is 1. The van der Waals surface area contributed by atoms with Crippen LogP contribution in [-0.2, 0) is 30.3 Å². The highest BCUT2D eigenvalue weighted by molar-refractivity contribution is 6.30. The summed E-state index contributed by atoms with van der Waals surface area (Å²) >= 11 is 6.39. The zero-order chi connectivity index (χ0) is 36.2. The zero-order valence-electron chi connectivity index (χ0n) is 29.1. The second kappa shape index (κ2) is 15.5. The summed E-state index contributed by atoms with van der Waals surface area (Å²) in [5.74, 6) is -2.08. The van der Waals surface area contributed by atoms with Crippen LogP contribution >= 0.6 is 11.6 Å². The van der Waals surface area contributed by atoms with E-state index in [1.54, 1.807) is 45.0 Å². The average molecular weight is 704 g/mol. The van der Waals surface area contributed by atoms with Gasteiger partial charge in [0.15, 0.2) is 0 Å². The van der Waals surface area contributed by atoms with E-state index >= 15 is 0 Å². The Bertz CT molecular complexity index is 1750. The van der Waals surface area contributed by atoms with Crippen LogP contribution in [0.1, 0.15) is 70.5 Å². The van der Waals surface area contributed by atoms with Crippen LogP contribution < -0.4 is 11.1 Å². The smallest absolute Gasteiger partial charge is 0.410 e. The molecule has 11 nitrogen and oxygen atoms in total. The van der Waals surface area contributed by atoms with Crippen LogP contribution in [0.25, 0.3) is 10.8 Å². The Labute approximate surface area is 298 Å². The minimum atomic E-state index is -1.14. The standard InChI is InChI=1S/C38H46ClN5O6/c1-24-18-20-42(31(34(40)46)22-26-13-9-12-25-11-5-6-16-29(25)26)36(48)33(27-14-10-15-28(39)21-27)44(24)32(45)23-41-35(47)30-17-7-8-19-43(30)37(49)50-38(2,3)4/h5-6,9-16,21,24,30-31,33H,7-8,17-20,22-23H2,1-4H3,(H2,40,46)(H,41,47). The van der Waals surface area contributed by atoms with Crippen molar-refractivity contribution < 1.29 is 28.7 Å². The SMILES string of the molecule is CC1CCN(C(Cc2cccc3ccccc23)C(N)=O)C(=O)C(c2cccc(Cl)c2)N1C(=O)CNC(=O)C1CCCCN1C(=O)OC(C)(C)C. The number of likely N-dealkylation sites (tertiary alicyclic amines) is 1. The number of amides is 5. The molecule has 4 atom stereocenters. The fourth-order valence-corrected chi connectivity index (χ4v) is 7.14. The quantitative estimate of drug-likeness (QED) is 0.339. The van der Waals surface area contributed by atoms with E-state index in [9.17, 15) is 24.0 Å². The molecular formula is C38H46ClN5O6. The van der Waals surface area contributed by atoms with Crippen LogP contribution in [0.15, 0.2) is 66.7 Å². The second-order valence-corrected chi connectivity index (χ2v) is 14.5. The van der Waals surface area contributed by atoms with Crippen molar-refractivity contribution in [2.45, 2.75) is 89.6 Å². The van der Waals surface area contributed by atoms with Gasteiger partial charge in [0, 0.05) is 30.6 Å². The van der Waals surface area contributed by atoms with Gasteiger partial charge in [-0.1, -0.05) is 66.2 Å². The number of ether oxygens (including phenoxy) is 1. The van der Waals surface area contributed by atoms with Crippen molar-refractivity contribution in [1.29, 1.82) is 0 Å². The van der Waals surface area contributed by atoms with E-state index in [0.717, 1.165) is 29.2 Å². The molecule has 5 amide bonds. The number of primary amides is 1. The summed E-state index contributed by atoms with van der Waals surface area (Å²) in [7, 11) is 0. The molecule has 266 valence electrons. The molecule has 50 heavy (non-hydrogen) atoms. The highest BCUT2D eigenvalue weighted by Gasteiger charge is 2.43. The van der Waals surface area contributed by atoms with Crippen molar-refractivity contribution in [3.63, 3.8) is 0 Å². The molecule has 3 aromatic carbocycles. The maximum Gasteiger partial charge on any atom is 0.410 e. The van der Waals surface area contributed by atoms with E-state index in [2.05, 4.69) is 5.32 Å². The summed E-state index contributed by atoms with van der Waals surface area (Å²) in [6.07, 6.45) is 1.89. The average Bonchev–Trinajstić information content (AvgIpc) is 3.20. The van der Waals surface area contributed by atoms with E-state index in [4.69, 9.17) is 22.1 Å². The molecule has 0 bridgehead atoms. The maximum atomic E-state index is 14.7. The van der Waals surface area contributed by atoms with Crippen LogP contribution in [0.3, 0.4) is 0 Å². The van der Waals surface area contributed by atoms with Crippen molar-refractivity contribution in [3.05, 3.63) is 82.9 Å². The van der Waals surface area contributed by atoms with E-state index in [1.165, 1.54) is 14.7 Å². The Kier molecular flexibility index (Phi) is 11.4. The number of nitrogens with two attached hydrogens (primary N) is 1. The van der Waals surface area contributed by atoms with Gasteiger partial charge in [0.05, 0.1) is 6.54 Å². The first-order chi connectivity index (χ1) is 23.7. The Morgan fingerprint density at radius 3 is 2.42 bits per heavy atom. The number of benzene rings is 3. The Balaban J connectivity index is 1.41. The first-order valence-electron chi connectivity index (χ1n) is 17.2. The number of hydrogen-bond acceptors (Lipinski definition) is 6. The Hall–Kier alpha value is -4.64.